The number of amides is 2. The molecule has 1 aromatic carbocycles. The third-order valence-corrected chi connectivity index (χ3v) is 7.40. The van der Waals surface area contributed by atoms with Crippen LogP contribution in [0.3, 0.4) is 0 Å². The second-order valence-electron chi connectivity index (χ2n) is 10.1. The van der Waals surface area contributed by atoms with Crippen molar-refractivity contribution in [2.45, 2.75) is 70.7 Å². The van der Waals surface area contributed by atoms with E-state index in [2.05, 4.69) is 10.3 Å². The number of carbonyl (C=O) groups excluding carboxylic acids is 2. The molecule has 3 aliphatic rings. The molecule has 2 heterocycles. The smallest absolute Gasteiger partial charge is 0.255 e. The van der Waals surface area contributed by atoms with Crippen LogP contribution in [-0.2, 0) is 4.79 Å². The van der Waals surface area contributed by atoms with Crippen LogP contribution in [0.1, 0.15) is 77.5 Å². The van der Waals surface area contributed by atoms with Gasteiger partial charge in [0.2, 0.25) is 5.91 Å². The zero-order valence-electron chi connectivity index (χ0n) is 19.5. The Morgan fingerprint density at radius 1 is 1.12 bits per heavy atom. The number of aliphatic hydroxyl groups is 1. The lowest BCUT2D eigenvalue weighted by atomic mass is 9.98. The normalized spacial score (nSPS) is 25.0. The first kappa shape index (κ1) is 22.9. The molecule has 2 unspecified atom stereocenters. The highest BCUT2D eigenvalue weighted by molar-refractivity contribution is 6.00. The molecule has 1 aromatic heterocycles. The topological polar surface area (TPSA) is 82.5 Å². The molecule has 5 rings (SSSR count). The first-order chi connectivity index (χ1) is 16.2. The monoisotopic (exact) mass is 469 g/mol. The van der Waals surface area contributed by atoms with Crippen LogP contribution in [0.4, 0.5) is 8.78 Å². The molecule has 0 spiro atoms. The molecule has 5 atom stereocenters. The van der Waals surface area contributed by atoms with E-state index in [9.17, 15) is 23.5 Å². The van der Waals surface area contributed by atoms with Gasteiger partial charge in [-0.3, -0.25) is 14.6 Å². The van der Waals surface area contributed by atoms with Crippen LogP contribution in [0.15, 0.2) is 24.4 Å². The molecule has 0 radical (unpaired) electrons. The standard InChI is InChI=1S/C26H29F2N3O3/c1-12-6-21(28)18(10-20(12)27)24(15-4-5-15)30-25(33)23-9-16-8-22(16)31(23)26(34)17-7-13(2)29-11-19(17)14(3)32/h6-7,10-11,14-16,22-24,32H,4-5,8-9H2,1-3H3,(H,30,33)/t14?,16?,22-,23-,24-/m1/s1. The Bertz CT molecular complexity index is 1160. The lowest BCUT2D eigenvalue weighted by Crippen LogP contribution is -2.49. The molecule has 2 amide bonds. The average molecular weight is 470 g/mol. The number of likely N-dealkylation sites (tertiary alicyclic amines) is 1. The fourth-order valence-electron chi connectivity index (χ4n) is 5.24. The van der Waals surface area contributed by atoms with Gasteiger partial charge in [0.15, 0.2) is 0 Å². The highest BCUT2D eigenvalue weighted by Crippen LogP contribution is 2.49. The molecule has 180 valence electrons. The minimum absolute atomic E-state index is 0.0218. The van der Waals surface area contributed by atoms with Gasteiger partial charge in [-0.15, -0.1) is 0 Å². The Morgan fingerprint density at radius 2 is 1.85 bits per heavy atom. The maximum absolute atomic E-state index is 14.7. The van der Waals surface area contributed by atoms with E-state index >= 15 is 0 Å². The zero-order chi connectivity index (χ0) is 24.3. The Hall–Kier alpha value is -2.87. The summed E-state index contributed by atoms with van der Waals surface area (Å²) in [5.41, 5.74) is 1.79. The predicted molar refractivity (Wildman–Crippen MR) is 121 cm³/mol. The van der Waals surface area contributed by atoms with Crippen molar-refractivity contribution in [2.75, 3.05) is 0 Å². The number of hydrogen-bond acceptors (Lipinski definition) is 4. The zero-order valence-corrected chi connectivity index (χ0v) is 19.5. The molecule has 6 nitrogen and oxygen atoms in total. The van der Waals surface area contributed by atoms with Crippen molar-refractivity contribution in [1.82, 2.24) is 15.2 Å². The summed E-state index contributed by atoms with van der Waals surface area (Å²) in [6.45, 7) is 4.85. The van der Waals surface area contributed by atoms with Crippen LogP contribution in [0.25, 0.3) is 0 Å². The number of nitrogens with zero attached hydrogens (tertiary/aromatic N) is 2. The molecule has 2 N–H and O–H groups in total. The summed E-state index contributed by atoms with van der Waals surface area (Å²) in [6, 6.07) is 2.64. The van der Waals surface area contributed by atoms with Gasteiger partial charge in [0.1, 0.15) is 17.7 Å². The number of nitrogens with one attached hydrogen (secondary N) is 1. The van der Waals surface area contributed by atoms with Crippen molar-refractivity contribution < 1.29 is 23.5 Å². The van der Waals surface area contributed by atoms with Crippen LogP contribution in [0.2, 0.25) is 0 Å². The Labute approximate surface area is 197 Å². The fraction of sp³-hybridized carbons (Fsp3) is 0.500. The second-order valence-corrected chi connectivity index (χ2v) is 10.1. The van der Waals surface area contributed by atoms with Crippen molar-refractivity contribution >= 4 is 11.8 Å². The van der Waals surface area contributed by atoms with Crippen LogP contribution in [0, 0.1) is 37.3 Å². The number of halogens is 2. The molecule has 2 saturated carbocycles. The molecular formula is C26H29F2N3O3. The average Bonchev–Trinajstić information content (AvgIpc) is 3.72. The molecular weight excluding hydrogens is 440 g/mol. The third kappa shape index (κ3) is 4.08. The van der Waals surface area contributed by atoms with E-state index in [1.165, 1.54) is 19.2 Å². The van der Waals surface area contributed by atoms with Gasteiger partial charge in [-0.05, 0) is 82.1 Å². The summed E-state index contributed by atoms with van der Waals surface area (Å²) in [7, 11) is 0. The first-order valence-electron chi connectivity index (χ1n) is 11.9. The highest BCUT2D eigenvalue weighted by atomic mass is 19.1. The number of carbonyl (C=O) groups is 2. The molecule has 0 bridgehead atoms. The summed E-state index contributed by atoms with van der Waals surface area (Å²) in [5.74, 6) is -1.39. The van der Waals surface area contributed by atoms with E-state index in [4.69, 9.17) is 0 Å². The summed E-state index contributed by atoms with van der Waals surface area (Å²) < 4.78 is 29.0. The van der Waals surface area contributed by atoms with Crippen molar-refractivity contribution in [3.05, 3.63) is 64.0 Å². The van der Waals surface area contributed by atoms with E-state index < -0.39 is 29.8 Å². The quantitative estimate of drug-likeness (QED) is 0.672. The van der Waals surface area contributed by atoms with Gasteiger partial charge >= 0.3 is 0 Å². The Kier molecular flexibility index (Phi) is 5.67. The van der Waals surface area contributed by atoms with Crippen molar-refractivity contribution in [1.29, 1.82) is 0 Å². The lowest BCUT2D eigenvalue weighted by molar-refractivity contribution is -0.126. The van der Waals surface area contributed by atoms with E-state index in [0.717, 1.165) is 25.3 Å². The summed E-state index contributed by atoms with van der Waals surface area (Å²) in [5, 5.41) is 13.1. The molecule has 34 heavy (non-hydrogen) atoms. The van der Waals surface area contributed by atoms with E-state index in [0.29, 0.717) is 23.2 Å². The van der Waals surface area contributed by atoms with Gasteiger partial charge < -0.3 is 15.3 Å². The minimum Gasteiger partial charge on any atom is -0.389 e. The second kappa shape index (κ2) is 8.41. The Balaban J connectivity index is 1.41. The van der Waals surface area contributed by atoms with Gasteiger partial charge in [0.05, 0.1) is 12.1 Å². The summed E-state index contributed by atoms with van der Waals surface area (Å²) in [6.07, 6.45) is 3.65. The molecule has 1 aliphatic heterocycles. The lowest BCUT2D eigenvalue weighted by Gasteiger charge is -2.30. The maximum Gasteiger partial charge on any atom is 0.255 e. The molecule has 2 aromatic rings. The molecule has 8 heteroatoms. The first-order valence-corrected chi connectivity index (χ1v) is 11.9. The van der Waals surface area contributed by atoms with Gasteiger partial charge in [-0.2, -0.15) is 0 Å². The van der Waals surface area contributed by atoms with Crippen molar-refractivity contribution in [2.24, 2.45) is 11.8 Å². The molecule has 1 saturated heterocycles. The number of hydrogen-bond donors (Lipinski definition) is 2. The minimum atomic E-state index is -0.879. The largest absolute Gasteiger partial charge is 0.389 e. The number of piperidine rings is 1. The maximum atomic E-state index is 14.7. The van der Waals surface area contributed by atoms with Gasteiger partial charge in [0, 0.05) is 34.6 Å². The van der Waals surface area contributed by atoms with Crippen LogP contribution >= 0.6 is 0 Å². The third-order valence-electron chi connectivity index (χ3n) is 7.40. The number of rotatable bonds is 6. The van der Waals surface area contributed by atoms with Gasteiger partial charge in [-0.25, -0.2) is 8.78 Å². The number of pyridine rings is 1. The SMILES string of the molecule is Cc1cc(C(=O)N2[C@@H](C(=O)N[C@@H](c3cc(F)c(C)cc3F)C3CC3)CC3C[C@H]32)c(C(C)O)cn1. The number of aliphatic hydroxyl groups excluding tert-OH is 1. The van der Waals surface area contributed by atoms with Crippen LogP contribution in [0.5, 0.6) is 0 Å². The van der Waals surface area contributed by atoms with E-state index in [-0.39, 0.29) is 40.8 Å². The van der Waals surface area contributed by atoms with Crippen LogP contribution in [-0.4, -0.2) is 38.9 Å². The number of aromatic nitrogens is 1. The molecule has 3 fully saturated rings. The predicted octanol–water partition coefficient (Wildman–Crippen LogP) is 3.90. The van der Waals surface area contributed by atoms with Gasteiger partial charge in [-0.1, -0.05) is 0 Å². The van der Waals surface area contributed by atoms with E-state index in [1.807, 2.05) is 0 Å². The van der Waals surface area contributed by atoms with Crippen LogP contribution < -0.4 is 5.32 Å². The number of aryl methyl sites for hydroxylation is 2. The number of benzene rings is 1. The number of fused-ring (bicyclic) bond motifs is 1. The fourth-order valence-corrected chi connectivity index (χ4v) is 5.24. The molecule has 2 aliphatic carbocycles. The van der Waals surface area contributed by atoms with Crippen molar-refractivity contribution in [3.63, 3.8) is 0 Å². The summed E-state index contributed by atoms with van der Waals surface area (Å²) >= 11 is 0. The summed E-state index contributed by atoms with van der Waals surface area (Å²) in [4.78, 5) is 32.9. The van der Waals surface area contributed by atoms with Gasteiger partial charge in [0.25, 0.3) is 5.91 Å². The van der Waals surface area contributed by atoms with E-state index in [1.54, 1.807) is 24.8 Å². The highest BCUT2D eigenvalue weighted by Gasteiger charge is 2.56. The van der Waals surface area contributed by atoms with Crippen molar-refractivity contribution in [3.8, 4) is 0 Å². The Morgan fingerprint density at radius 3 is 2.53 bits per heavy atom.